The summed E-state index contributed by atoms with van der Waals surface area (Å²) in [5.74, 6) is -4.17. The van der Waals surface area contributed by atoms with Gasteiger partial charge in [0.25, 0.3) is 0 Å². The molecule has 1 N–H and O–H groups in total. The van der Waals surface area contributed by atoms with E-state index in [1.54, 1.807) is 6.08 Å². The summed E-state index contributed by atoms with van der Waals surface area (Å²) >= 11 is 0. The largest absolute Gasteiger partial charge is 0.458 e. The predicted octanol–water partition coefficient (Wildman–Crippen LogP) is 1.42. The normalized spacial score (nSPS) is 35.9. The summed E-state index contributed by atoms with van der Waals surface area (Å²) in [6.07, 6.45) is -0.676. The summed E-state index contributed by atoms with van der Waals surface area (Å²) in [5, 5.41) is 11.0. The van der Waals surface area contributed by atoms with E-state index in [2.05, 4.69) is 13.2 Å². The molecule has 1 saturated heterocycles. The molecule has 1 aliphatic carbocycles. The van der Waals surface area contributed by atoms with Gasteiger partial charge in [-0.1, -0.05) is 26.2 Å². The fourth-order valence-corrected chi connectivity index (χ4v) is 3.49. The fourth-order valence-electron chi connectivity index (χ4n) is 3.49. The standard InChI is InChI=1S/C21H26O8/c1-10(2)19(24)29-17-16-12(4)20(25)28-14(16)9-11(3)7-8-15(23)21(6,26)18(17)27-13(5)22/h7-8,11,14,16-18,26H,1,4,9H2,2-3,5-6H3/b8-7-/t11-,14+,16+,17-,18+,21-/m0/s1. The lowest BCUT2D eigenvalue weighted by atomic mass is 9.77. The molecular formula is C21H26O8. The lowest BCUT2D eigenvalue weighted by molar-refractivity contribution is -0.194. The molecule has 2 aliphatic rings. The first-order valence-corrected chi connectivity index (χ1v) is 9.24. The van der Waals surface area contributed by atoms with Crippen molar-refractivity contribution in [3.8, 4) is 0 Å². The Labute approximate surface area is 169 Å². The Balaban J connectivity index is 2.67. The monoisotopic (exact) mass is 406 g/mol. The molecule has 2 rings (SSSR count). The summed E-state index contributed by atoms with van der Waals surface area (Å²) < 4.78 is 16.2. The zero-order valence-electron chi connectivity index (χ0n) is 17.0. The van der Waals surface area contributed by atoms with Crippen LogP contribution in [0.15, 0.2) is 36.5 Å². The van der Waals surface area contributed by atoms with Crippen molar-refractivity contribution in [2.75, 3.05) is 0 Å². The van der Waals surface area contributed by atoms with Gasteiger partial charge in [0, 0.05) is 18.1 Å². The molecule has 1 aliphatic heterocycles. The molecule has 1 fully saturated rings. The molecule has 0 aromatic rings. The number of rotatable bonds is 3. The third kappa shape index (κ3) is 4.64. The number of hydrogen-bond acceptors (Lipinski definition) is 8. The van der Waals surface area contributed by atoms with Crippen LogP contribution in [-0.2, 0) is 33.4 Å². The van der Waals surface area contributed by atoms with Crippen molar-refractivity contribution < 1.29 is 38.5 Å². The van der Waals surface area contributed by atoms with Crippen molar-refractivity contribution in [3.63, 3.8) is 0 Å². The first-order valence-electron chi connectivity index (χ1n) is 9.24. The molecule has 8 nitrogen and oxygen atoms in total. The second-order valence-electron chi connectivity index (χ2n) is 7.76. The summed E-state index contributed by atoms with van der Waals surface area (Å²) in [4.78, 5) is 49.0. The number of hydrogen-bond donors (Lipinski definition) is 1. The number of aliphatic hydroxyl groups is 1. The van der Waals surface area contributed by atoms with Gasteiger partial charge in [-0.2, -0.15) is 0 Å². The van der Waals surface area contributed by atoms with E-state index in [0.29, 0.717) is 6.42 Å². The Kier molecular flexibility index (Phi) is 6.47. The minimum atomic E-state index is -2.24. The molecule has 8 heteroatoms. The summed E-state index contributed by atoms with van der Waals surface area (Å²) in [6, 6.07) is 0. The maximum atomic E-state index is 12.7. The van der Waals surface area contributed by atoms with Crippen LogP contribution in [0.4, 0.5) is 0 Å². The highest BCUT2D eigenvalue weighted by molar-refractivity contribution is 5.98. The number of carbonyl (C=O) groups is 4. The van der Waals surface area contributed by atoms with Gasteiger partial charge in [0.15, 0.2) is 23.6 Å². The van der Waals surface area contributed by atoms with Crippen molar-refractivity contribution in [1.29, 1.82) is 0 Å². The highest BCUT2D eigenvalue weighted by Crippen LogP contribution is 2.40. The van der Waals surface area contributed by atoms with E-state index < -0.39 is 53.5 Å². The highest BCUT2D eigenvalue weighted by atomic mass is 16.6. The molecule has 158 valence electrons. The smallest absolute Gasteiger partial charge is 0.334 e. The van der Waals surface area contributed by atoms with Gasteiger partial charge >= 0.3 is 17.9 Å². The van der Waals surface area contributed by atoms with Crippen LogP contribution in [0, 0.1) is 11.8 Å². The number of carbonyl (C=O) groups excluding carboxylic acids is 4. The summed E-state index contributed by atoms with van der Waals surface area (Å²) in [7, 11) is 0. The summed E-state index contributed by atoms with van der Waals surface area (Å²) in [6.45, 7) is 12.7. The van der Waals surface area contributed by atoms with Crippen LogP contribution < -0.4 is 0 Å². The van der Waals surface area contributed by atoms with Crippen LogP contribution in [0.1, 0.15) is 34.1 Å². The van der Waals surface area contributed by atoms with Crippen molar-refractivity contribution in [2.24, 2.45) is 11.8 Å². The topological polar surface area (TPSA) is 116 Å². The minimum Gasteiger partial charge on any atom is -0.458 e. The van der Waals surface area contributed by atoms with Crippen LogP contribution in [-0.4, -0.2) is 52.7 Å². The number of fused-ring (bicyclic) bond motifs is 1. The van der Waals surface area contributed by atoms with E-state index in [-0.39, 0.29) is 17.1 Å². The molecule has 6 atom stereocenters. The lowest BCUT2D eigenvalue weighted by Gasteiger charge is -2.39. The molecule has 0 aromatic heterocycles. The quantitative estimate of drug-likeness (QED) is 0.425. The van der Waals surface area contributed by atoms with Gasteiger partial charge in [-0.05, 0) is 32.3 Å². The van der Waals surface area contributed by atoms with E-state index >= 15 is 0 Å². The minimum absolute atomic E-state index is 0.00618. The number of ketones is 1. The van der Waals surface area contributed by atoms with Crippen LogP contribution >= 0.6 is 0 Å². The third-order valence-corrected chi connectivity index (χ3v) is 5.09. The summed E-state index contributed by atoms with van der Waals surface area (Å²) in [5.41, 5.74) is -2.18. The Morgan fingerprint density at radius 1 is 1.28 bits per heavy atom. The molecule has 0 bridgehead atoms. The second-order valence-corrected chi connectivity index (χ2v) is 7.76. The zero-order valence-corrected chi connectivity index (χ0v) is 17.0. The predicted molar refractivity (Wildman–Crippen MR) is 101 cm³/mol. The van der Waals surface area contributed by atoms with Crippen molar-refractivity contribution in [1.82, 2.24) is 0 Å². The van der Waals surface area contributed by atoms with E-state index in [0.717, 1.165) is 13.8 Å². The molecule has 0 spiro atoms. The van der Waals surface area contributed by atoms with Gasteiger partial charge in [0.1, 0.15) is 6.10 Å². The van der Waals surface area contributed by atoms with Gasteiger partial charge in [0.2, 0.25) is 0 Å². The second kappa shape index (κ2) is 8.32. The maximum absolute atomic E-state index is 12.7. The number of ether oxygens (including phenoxy) is 3. The average Bonchev–Trinajstić information content (AvgIpc) is 2.88. The molecule has 0 saturated carbocycles. The van der Waals surface area contributed by atoms with E-state index in [9.17, 15) is 24.3 Å². The molecular weight excluding hydrogens is 380 g/mol. The Morgan fingerprint density at radius 2 is 1.90 bits per heavy atom. The fraction of sp³-hybridized carbons (Fsp3) is 0.524. The third-order valence-electron chi connectivity index (χ3n) is 5.09. The first-order chi connectivity index (χ1) is 13.4. The number of allylic oxidation sites excluding steroid dienone is 1. The molecule has 1 heterocycles. The molecule has 0 aromatic carbocycles. The van der Waals surface area contributed by atoms with E-state index in [1.807, 2.05) is 6.92 Å². The Morgan fingerprint density at radius 3 is 2.45 bits per heavy atom. The maximum Gasteiger partial charge on any atom is 0.334 e. The SMILES string of the molecule is C=C(C)C(=O)O[C@H]1[C@@H]2C(=C)C(=O)O[C@@H]2C[C@@H](C)/C=C\C(=O)[C@](C)(O)[C@@H]1OC(C)=O. The average molecular weight is 406 g/mol. The molecule has 0 radical (unpaired) electrons. The molecule has 0 amide bonds. The van der Waals surface area contributed by atoms with Crippen LogP contribution in [0.2, 0.25) is 0 Å². The van der Waals surface area contributed by atoms with Crippen LogP contribution in [0.3, 0.4) is 0 Å². The highest BCUT2D eigenvalue weighted by Gasteiger charge is 2.55. The molecule has 0 unspecified atom stereocenters. The van der Waals surface area contributed by atoms with E-state index in [1.165, 1.54) is 13.0 Å². The van der Waals surface area contributed by atoms with Crippen LogP contribution in [0.5, 0.6) is 0 Å². The molecule has 29 heavy (non-hydrogen) atoms. The Bertz CT molecular complexity index is 791. The van der Waals surface area contributed by atoms with E-state index in [4.69, 9.17) is 14.2 Å². The lowest BCUT2D eigenvalue weighted by Crippen LogP contribution is -2.58. The van der Waals surface area contributed by atoms with Gasteiger partial charge in [-0.3, -0.25) is 9.59 Å². The van der Waals surface area contributed by atoms with Crippen molar-refractivity contribution in [2.45, 2.75) is 58.0 Å². The van der Waals surface area contributed by atoms with Gasteiger partial charge in [0.05, 0.1) is 5.92 Å². The van der Waals surface area contributed by atoms with Gasteiger partial charge in [-0.25, -0.2) is 9.59 Å². The van der Waals surface area contributed by atoms with Gasteiger partial charge in [-0.15, -0.1) is 0 Å². The van der Waals surface area contributed by atoms with Crippen molar-refractivity contribution in [3.05, 3.63) is 36.5 Å². The Hall–Kier alpha value is -2.74. The van der Waals surface area contributed by atoms with Crippen molar-refractivity contribution >= 4 is 23.7 Å². The first kappa shape index (κ1) is 22.5. The zero-order chi connectivity index (χ0) is 22.1. The van der Waals surface area contributed by atoms with Gasteiger partial charge < -0.3 is 19.3 Å². The van der Waals surface area contributed by atoms with Crippen LogP contribution in [0.25, 0.3) is 0 Å². The number of esters is 3.